The van der Waals surface area contributed by atoms with Crippen LogP contribution in [0.4, 0.5) is 5.69 Å². The van der Waals surface area contributed by atoms with E-state index in [9.17, 15) is 13.5 Å². The zero-order valence-corrected chi connectivity index (χ0v) is 13.6. The van der Waals surface area contributed by atoms with Crippen LogP contribution in [0.15, 0.2) is 23.4 Å². The molecule has 0 atom stereocenters. The van der Waals surface area contributed by atoms with Crippen LogP contribution in [0.5, 0.6) is 5.75 Å². The van der Waals surface area contributed by atoms with Gasteiger partial charge in [-0.1, -0.05) is 23.2 Å². The molecule has 0 amide bonds. The predicted octanol–water partition coefficient (Wildman–Crippen LogP) is 3.02. The maximum atomic E-state index is 12.3. The number of nitrogens with one attached hydrogen (secondary N) is 1. The van der Waals surface area contributed by atoms with Crippen LogP contribution in [0.1, 0.15) is 12.7 Å². The average molecular weight is 350 g/mol. The van der Waals surface area contributed by atoms with Gasteiger partial charge < -0.3 is 9.67 Å². The Balaban J connectivity index is 2.37. The lowest BCUT2D eigenvalue weighted by molar-refractivity contribution is 0.476. The molecule has 2 aromatic rings. The van der Waals surface area contributed by atoms with Crippen LogP contribution >= 0.6 is 23.2 Å². The van der Waals surface area contributed by atoms with Gasteiger partial charge >= 0.3 is 0 Å². The molecule has 2 rings (SSSR count). The SMILES string of the molecule is CCn1cc(S(=O)(=O)Nc2cc(Cl)c(O)c(Cl)c2)nc1C. The van der Waals surface area contributed by atoms with Crippen LogP contribution < -0.4 is 4.72 Å². The second-order valence-corrected chi connectivity index (χ2v) is 6.75. The molecular formula is C12H13Cl2N3O3S. The zero-order valence-electron chi connectivity index (χ0n) is 11.3. The summed E-state index contributed by atoms with van der Waals surface area (Å²) in [6.07, 6.45) is 1.45. The van der Waals surface area contributed by atoms with Gasteiger partial charge in [-0.2, -0.15) is 8.42 Å². The number of phenols is 1. The lowest BCUT2D eigenvalue weighted by Crippen LogP contribution is -2.13. The van der Waals surface area contributed by atoms with Gasteiger partial charge in [0.15, 0.2) is 10.8 Å². The standard InChI is InChI=1S/C12H13Cl2N3O3S/c1-3-17-6-11(15-7(17)2)21(19,20)16-8-4-9(13)12(18)10(14)5-8/h4-6,16,18H,3H2,1-2H3. The van der Waals surface area contributed by atoms with Gasteiger partial charge in [-0.3, -0.25) is 4.72 Å². The number of aryl methyl sites for hydroxylation is 2. The van der Waals surface area contributed by atoms with Crippen molar-refractivity contribution >= 4 is 38.9 Å². The van der Waals surface area contributed by atoms with E-state index >= 15 is 0 Å². The number of halogens is 2. The van der Waals surface area contributed by atoms with Crippen LogP contribution in [0.2, 0.25) is 10.0 Å². The fourth-order valence-corrected chi connectivity index (χ4v) is 3.30. The summed E-state index contributed by atoms with van der Waals surface area (Å²) in [6.45, 7) is 4.22. The van der Waals surface area contributed by atoms with E-state index in [0.717, 1.165) is 0 Å². The normalized spacial score (nSPS) is 11.6. The number of benzene rings is 1. The van der Waals surface area contributed by atoms with E-state index in [1.54, 1.807) is 11.5 Å². The highest BCUT2D eigenvalue weighted by Crippen LogP contribution is 2.35. The highest BCUT2D eigenvalue weighted by atomic mass is 35.5. The molecule has 0 aliphatic carbocycles. The third-order valence-corrected chi connectivity index (χ3v) is 4.67. The van der Waals surface area contributed by atoms with E-state index in [-0.39, 0.29) is 26.5 Å². The first-order valence-electron chi connectivity index (χ1n) is 5.99. The Hall–Kier alpha value is -1.44. The lowest BCUT2D eigenvalue weighted by Gasteiger charge is -2.08. The van der Waals surface area contributed by atoms with Gasteiger partial charge in [-0.15, -0.1) is 0 Å². The van der Waals surface area contributed by atoms with Crippen LogP contribution in [-0.4, -0.2) is 23.1 Å². The molecule has 0 aliphatic heterocycles. The third-order valence-electron chi connectivity index (χ3n) is 2.84. The smallest absolute Gasteiger partial charge is 0.280 e. The van der Waals surface area contributed by atoms with E-state index < -0.39 is 10.0 Å². The third kappa shape index (κ3) is 3.25. The molecule has 0 spiro atoms. The number of anilines is 1. The van der Waals surface area contributed by atoms with Crippen molar-refractivity contribution < 1.29 is 13.5 Å². The molecule has 0 saturated heterocycles. The molecule has 114 valence electrons. The number of nitrogens with zero attached hydrogens (tertiary/aromatic N) is 2. The number of phenolic OH excluding ortho intramolecular Hbond substituents is 1. The Morgan fingerprint density at radius 2 is 1.90 bits per heavy atom. The Morgan fingerprint density at radius 3 is 2.38 bits per heavy atom. The summed E-state index contributed by atoms with van der Waals surface area (Å²) in [6, 6.07) is 2.54. The van der Waals surface area contributed by atoms with Gasteiger partial charge in [-0.25, -0.2) is 4.98 Å². The van der Waals surface area contributed by atoms with Crippen LogP contribution in [0.25, 0.3) is 0 Å². The monoisotopic (exact) mass is 349 g/mol. The van der Waals surface area contributed by atoms with Crippen molar-refractivity contribution in [1.29, 1.82) is 0 Å². The van der Waals surface area contributed by atoms with Gasteiger partial charge in [0.05, 0.1) is 15.7 Å². The number of sulfonamides is 1. The molecule has 9 heteroatoms. The van der Waals surface area contributed by atoms with Crippen molar-refractivity contribution in [3.63, 3.8) is 0 Å². The fraction of sp³-hybridized carbons (Fsp3) is 0.250. The molecule has 0 bridgehead atoms. The fourth-order valence-electron chi connectivity index (χ4n) is 1.76. The Bertz CT molecular complexity index is 764. The molecule has 1 aromatic carbocycles. The van der Waals surface area contributed by atoms with E-state index in [1.165, 1.54) is 18.3 Å². The summed E-state index contributed by atoms with van der Waals surface area (Å²) in [7, 11) is -3.85. The summed E-state index contributed by atoms with van der Waals surface area (Å²) in [4.78, 5) is 4.01. The highest BCUT2D eigenvalue weighted by molar-refractivity contribution is 7.92. The zero-order chi connectivity index (χ0) is 15.8. The first kappa shape index (κ1) is 15.9. The van der Waals surface area contributed by atoms with Gasteiger partial charge in [0.1, 0.15) is 5.82 Å². The molecule has 1 heterocycles. The molecule has 2 N–H and O–H groups in total. The van der Waals surface area contributed by atoms with Crippen molar-refractivity contribution in [1.82, 2.24) is 9.55 Å². The van der Waals surface area contributed by atoms with E-state index in [1.807, 2.05) is 6.92 Å². The summed E-state index contributed by atoms with van der Waals surface area (Å²) in [5, 5.41) is 9.27. The van der Waals surface area contributed by atoms with Crippen molar-refractivity contribution in [3.8, 4) is 5.75 Å². The number of aromatic nitrogens is 2. The first-order valence-corrected chi connectivity index (χ1v) is 8.23. The first-order chi connectivity index (χ1) is 9.74. The molecule has 0 fully saturated rings. The number of imidazole rings is 1. The Kier molecular flexibility index (Phi) is 4.36. The quantitative estimate of drug-likeness (QED) is 0.830. The summed E-state index contributed by atoms with van der Waals surface area (Å²) >= 11 is 11.5. The summed E-state index contributed by atoms with van der Waals surface area (Å²) in [5.41, 5.74) is 0.145. The Labute approximate surface area is 132 Å². The molecule has 0 aliphatic rings. The van der Waals surface area contributed by atoms with Crippen LogP contribution in [-0.2, 0) is 16.6 Å². The second kappa shape index (κ2) is 5.75. The van der Waals surface area contributed by atoms with Crippen LogP contribution in [0.3, 0.4) is 0 Å². The second-order valence-electron chi connectivity index (χ2n) is 4.31. The average Bonchev–Trinajstić information content (AvgIpc) is 2.77. The van der Waals surface area contributed by atoms with Crippen molar-refractivity contribution in [2.45, 2.75) is 25.4 Å². The molecule has 21 heavy (non-hydrogen) atoms. The number of hydrogen-bond donors (Lipinski definition) is 2. The maximum absolute atomic E-state index is 12.3. The minimum atomic E-state index is -3.85. The van der Waals surface area contributed by atoms with E-state index in [2.05, 4.69) is 9.71 Å². The van der Waals surface area contributed by atoms with Gasteiger partial charge in [-0.05, 0) is 26.0 Å². The minimum absolute atomic E-state index is 0.0459. The van der Waals surface area contributed by atoms with Crippen molar-refractivity contribution in [3.05, 3.63) is 34.2 Å². The molecule has 0 radical (unpaired) electrons. The molecule has 0 saturated carbocycles. The van der Waals surface area contributed by atoms with Crippen molar-refractivity contribution in [2.75, 3.05) is 4.72 Å². The number of aromatic hydroxyl groups is 1. The molecule has 0 unspecified atom stereocenters. The highest BCUT2D eigenvalue weighted by Gasteiger charge is 2.20. The summed E-state index contributed by atoms with van der Waals surface area (Å²) < 4.78 is 28.5. The van der Waals surface area contributed by atoms with Crippen LogP contribution in [0, 0.1) is 6.92 Å². The molecule has 1 aromatic heterocycles. The van der Waals surface area contributed by atoms with E-state index in [0.29, 0.717) is 12.4 Å². The number of rotatable bonds is 4. The lowest BCUT2D eigenvalue weighted by atomic mass is 10.3. The van der Waals surface area contributed by atoms with Gasteiger partial charge in [0.2, 0.25) is 0 Å². The van der Waals surface area contributed by atoms with Gasteiger partial charge in [0, 0.05) is 12.7 Å². The minimum Gasteiger partial charge on any atom is -0.505 e. The predicted molar refractivity (Wildman–Crippen MR) is 81.6 cm³/mol. The maximum Gasteiger partial charge on any atom is 0.280 e. The van der Waals surface area contributed by atoms with Crippen molar-refractivity contribution in [2.24, 2.45) is 0 Å². The molecule has 6 nitrogen and oxygen atoms in total. The van der Waals surface area contributed by atoms with Gasteiger partial charge in [0.25, 0.3) is 10.0 Å². The molecular weight excluding hydrogens is 337 g/mol. The Morgan fingerprint density at radius 1 is 1.33 bits per heavy atom. The summed E-state index contributed by atoms with van der Waals surface area (Å²) in [5.74, 6) is 0.298. The topological polar surface area (TPSA) is 84.2 Å². The van der Waals surface area contributed by atoms with E-state index in [4.69, 9.17) is 23.2 Å². The number of hydrogen-bond acceptors (Lipinski definition) is 4. The largest absolute Gasteiger partial charge is 0.505 e.